The number of hydrogen-bond acceptors (Lipinski definition) is 4. The molecule has 4 nitrogen and oxygen atoms in total. The summed E-state index contributed by atoms with van der Waals surface area (Å²) in [6.07, 6.45) is 2.55. The normalized spacial score (nSPS) is 37.4. The van der Waals surface area contributed by atoms with E-state index in [9.17, 15) is 9.59 Å². The Labute approximate surface area is 94.6 Å². The number of fused-ring (bicyclic) bond motifs is 1. The van der Waals surface area contributed by atoms with Gasteiger partial charge < -0.3 is 9.47 Å². The van der Waals surface area contributed by atoms with Crippen LogP contribution in [0.3, 0.4) is 0 Å². The van der Waals surface area contributed by atoms with Gasteiger partial charge in [0.1, 0.15) is 11.9 Å². The Morgan fingerprint density at radius 1 is 1.50 bits per heavy atom. The lowest BCUT2D eigenvalue weighted by molar-refractivity contribution is -0.143. The second-order valence-corrected chi connectivity index (χ2v) is 4.63. The van der Waals surface area contributed by atoms with Gasteiger partial charge in [-0.15, -0.1) is 0 Å². The van der Waals surface area contributed by atoms with E-state index in [0.717, 1.165) is 6.42 Å². The summed E-state index contributed by atoms with van der Waals surface area (Å²) in [4.78, 5) is 22.5. The molecule has 0 N–H and O–H groups in total. The van der Waals surface area contributed by atoms with Gasteiger partial charge in [0.05, 0.1) is 5.92 Å². The van der Waals surface area contributed by atoms with Gasteiger partial charge in [0.15, 0.2) is 0 Å². The molecular formula is C12H16O4. The van der Waals surface area contributed by atoms with Crippen LogP contribution in [0.25, 0.3) is 0 Å². The smallest absolute Gasteiger partial charge is 0.313 e. The topological polar surface area (TPSA) is 52.6 Å². The maximum Gasteiger partial charge on any atom is 0.313 e. The molecule has 0 spiro atoms. The maximum absolute atomic E-state index is 11.5. The van der Waals surface area contributed by atoms with Crippen molar-refractivity contribution in [2.45, 2.75) is 33.3 Å². The van der Waals surface area contributed by atoms with Crippen molar-refractivity contribution in [1.82, 2.24) is 0 Å². The standard InChI is InChI=1S/C12H16O4/c1-6-4-9-7(2)15-12(14)10(9)5-11(6)16-8(3)13/h5-7,9-10H,4H2,1-3H3. The van der Waals surface area contributed by atoms with Crippen LogP contribution in [0.15, 0.2) is 11.8 Å². The van der Waals surface area contributed by atoms with Crippen LogP contribution < -0.4 is 0 Å². The highest BCUT2D eigenvalue weighted by Crippen LogP contribution is 2.41. The molecule has 1 fully saturated rings. The molecule has 1 aliphatic carbocycles. The molecule has 0 radical (unpaired) electrons. The lowest BCUT2D eigenvalue weighted by Gasteiger charge is -2.27. The molecule has 0 amide bonds. The van der Waals surface area contributed by atoms with E-state index in [1.54, 1.807) is 6.08 Å². The minimum Gasteiger partial charge on any atom is -0.462 e. The Balaban J connectivity index is 2.22. The first-order valence-corrected chi connectivity index (χ1v) is 5.59. The molecule has 1 heterocycles. The van der Waals surface area contributed by atoms with E-state index >= 15 is 0 Å². The molecule has 0 bridgehead atoms. The highest BCUT2D eigenvalue weighted by atomic mass is 16.6. The maximum atomic E-state index is 11.5. The van der Waals surface area contributed by atoms with Crippen LogP contribution in [-0.4, -0.2) is 18.0 Å². The molecule has 4 atom stereocenters. The van der Waals surface area contributed by atoms with Crippen LogP contribution in [-0.2, 0) is 19.1 Å². The zero-order valence-electron chi connectivity index (χ0n) is 9.73. The summed E-state index contributed by atoms with van der Waals surface area (Å²) in [7, 11) is 0. The molecule has 16 heavy (non-hydrogen) atoms. The number of carbonyl (C=O) groups excluding carboxylic acids is 2. The van der Waals surface area contributed by atoms with Gasteiger partial charge in [0, 0.05) is 18.8 Å². The largest absolute Gasteiger partial charge is 0.462 e. The Hall–Kier alpha value is -1.32. The van der Waals surface area contributed by atoms with Gasteiger partial charge >= 0.3 is 11.9 Å². The summed E-state index contributed by atoms with van der Waals surface area (Å²) in [5.74, 6) is 0.231. The first kappa shape index (κ1) is 11.2. The van der Waals surface area contributed by atoms with Crippen molar-refractivity contribution in [3.8, 4) is 0 Å². The average Bonchev–Trinajstić information content (AvgIpc) is 2.43. The predicted molar refractivity (Wildman–Crippen MR) is 56.2 cm³/mol. The molecule has 0 aromatic rings. The molecule has 0 aromatic heterocycles. The second-order valence-electron chi connectivity index (χ2n) is 4.63. The Bertz CT molecular complexity index is 358. The van der Waals surface area contributed by atoms with E-state index in [0.29, 0.717) is 5.76 Å². The minimum absolute atomic E-state index is 0.0323. The van der Waals surface area contributed by atoms with E-state index in [1.807, 2.05) is 13.8 Å². The summed E-state index contributed by atoms with van der Waals surface area (Å²) < 4.78 is 10.3. The summed E-state index contributed by atoms with van der Waals surface area (Å²) in [5.41, 5.74) is 0. The fourth-order valence-corrected chi connectivity index (χ4v) is 2.51. The molecular weight excluding hydrogens is 208 g/mol. The van der Waals surface area contributed by atoms with Gasteiger partial charge in [-0.05, 0) is 19.4 Å². The molecule has 1 saturated heterocycles. The van der Waals surface area contributed by atoms with Crippen molar-refractivity contribution in [3.63, 3.8) is 0 Å². The first-order valence-electron chi connectivity index (χ1n) is 5.59. The summed E-state index contributed by atoms with van der Waals surface area (Å²) in [5, 5.41) is 0. The van der Waals surface area contributed by atoms with E-state index in [-0.39, 0.29) is 35.8 Å². The Morgan fingerprint density at radius 3 is 2.81 bits per heavy atom. The molecule has 4 unspecified atom stereocenters. The van der Waals surface area contributed by atoms with Crippen molar-refractivity contribution >= 4 is 11.9 Å². The number of hydrogen-bond donors (Lipinski definition) is 0. The predicted octanol–water partition coefficient (Wildman–Crippen LogP) is 1.65. The van der Waals surface area contributed by atoms with E-state index in [2.05, 4.69) is 0 Å². The third kappa shape index (κ3) is 1.84. The number of cyclic esters (lactones) is 1. The first-order chi connectivity index (χ1) is 7.49. The van der Waals surface area contributed by atoms with Crippen molar-refractivity contribution in [3.05, 3.63) is 11.8 Å². The number of allylic oxidation sites excluding steroid dienone is 1. The summed E-state index contributed by atoms with van der Waals surface area (Å²) in [6.45, 7) is 5.29. The Kier molecular flexibility index (Phi) is 2.74. The number of carbonyl (C=O) groups is 2. The fourth-order valence-electron chi connectivity index (χ4n) is 2.51. The van der Waals surface area contributed by atoms with Crippen LogP contribution in [0.5, 0.6) is 0 Å². The van der Waals surface area contributed by atoms with Crippen molar-refractivity contribution < 1.29 is 19.1 Å². The SMILES string of the molecule is CC(=O)OC1=CC2C(=O)OC(C)C2CC1C. The van der Waals surface area contributed by atoms with Crippen LogP contribution in [0, 0.1) is 17.8 Å². The highest BCUT2D eigenvalue weighted by molar-refractivity contribution is 5.78. The third-order valence-corrected chi connectivity index (χ3v) is 3.36. The van der Waals surface area contributed by atoms with Crippen molar-refractivity contribution in [2.75, 3.05) is 0 Å². The van der Waals surface area contributed by atoms with E-state index in [1.165, 1.54) is 6.92 Å². The minimum atomic E-state index is -0.337. The van der Waals surface area contributed by atoms with Gasteiger partial charge in [-0.1, -0.05) is 6.92 Å². The summed E-state index contributed by atoms with van der Waals surface area (Å²) >= 11 is 0. The van der Waals surface area contributed by atoms with Crippen LogP contribution in [0.1, 0.15) is 27.2 Å². The van der Waals surface area contributed by atoms with E-state index < -0.39 is 0 Å². The molecule has 2 rings (SSSR count). The third-order valence-electron chi connectivity index (χ3n) is 3.36. The molecule has 1 aliphatic heterocycles. The monoisotopic (exact) mass is 224 g/mol. The van der Waals surface area contributed by atoms with Gasteiger partial charge in [0.25, 0.3) is 0 Å². The van der Waals surface area contributed by atoms with Crippen LogP contribution in [0.2, 0.25) is 0 Å². The average molecular weight is 224 g/mol. The molecule has 88 valence electrons. The number of rotatable bonds is 1. The van der Waals surface area contributed by atoms with Gasteiger partial charge in [0.2, 0.25) is 0 Å². The number of ether oxygens (including phenoxy) is 2. The lowest BCUT2D eigenvalue weighted by Crippen LogP contribution is -2.27. The molecule has 0 saturated carbocycles. The second kappa shape index (κ2) is 3.92. The Morgan fingerprint density at radius 2 is 2.19 bits per heavy atom. The highest BCUT2D eigenvalue weighted by Gasteiger charge is 2.45. The van der Waals surface area contributed by atoms with Gasteiger partial charge in [-0.2, -0.15) is 0 Å². The lowest BCUT2D eigenvalue weighted by atomic mass is 9.78. The fraction of sp³-hybridized carbons (Fsp3) is 0.667. The molecule has 4 heteroatoms. The zero-order valence-corrected chi connectivity index (χ0v) is 9.73. The quantitative estimate of drug-likeness (QED) is 0.635. The number of esters is 2. The van der Waals surface area contributed by atoms with Crippen LogP contribution >= 0.6 is 0 Å². The zero-order chi connectivity index (χ0) is 11.9. The molecule has 2 aliphatic rings. The molecule has 0 aromatic carbocycles. The van der Waals surface area contributed by atoms with Crippen molar-refractivity contribution in [2.24, 2.45) is 17.8 Å². The van der Waals surface area contributed by atoms with Crippen molar-refractivity contribution in [1.29, 1.82) is 0 Å². The van der Waals surface area contributed by atoms with Gasteiger partial charge in [-0.3, -0.25) is 9.59 Å². The van der Waals surface area contributed by atoms with Gasteiger partial charge in [-0.25, -0.2) is 0 Å². The summed E-state index contributed by atoms with van der Waals surface area (Å²) in [6, 6.07) is 0. The van der Waals surface area contributed by atoms with Crippen LogP contribution in [0.4, 0.5) is 0 Å². The van der Waals surface area contributed by atoms with E-state index in [4.69, 9.17) is 9.47 Å².